The molecule has 17 nitrogen and oxygen atoms in total. The minimum atomic E-state index is -5.01. The number of phosphoric ester groups is 2. The van der Waals surface area contributed by atoms with Gasteiger partial charge in [-0.05, 0) is 148 Å². The predicted molar refractivity (Wildman–Crippen MR) is 417 cm³/mol. The van der Waals surface area contributed by atoms with Gasteiger partial charge in [0.15, 0.2) is 12.2 Å². The van der Waals surface area contributed by atoms with E-state index in [1.807, 2.05) is 24.3 Å². The average molecular weight is 1460 g/mol. The highest BCUT2D eigenvalue weighted by Gasteiger charge is 2.30. The van der Waals surface area contributed by atoms with Gasteiger partial charge in [-0.25, -0.2) is 9.13 Å². The Labute approximate surface area is 615 Å². The molecular formula is C83H132O17P2. The van der Waals surface area contributed by atoms with Gasteiger partial charge < -0.3 is 33.8 Å². The topological polar surface area (TPSA) is 237 Å². The van der Waals surface area contributed by atoms with Crippen LogP contribution in [-0.4, -0.2) is 96.7 Å². The van der Waals surface area contributed by atoms with E-state index in [0.29, 0.717) is 32.1 Å². The Hall–Kier alpha value is -5.84. The number of phosphoric acid groups is 2. The van der Waals surface area contributed by atoms with E-state index in [4.69, 9.17) is 37.0 Å². The van der Waals surface area contributed by atoms with Gasteiger partial charge in [0, 0.05) is 19.3 Å². The van der Waals surface area contributed by atoms with Crippen LogP contribution in [0.3, 0.4) is 0 Å². The fraction of sp³-hybridized carbons (Fsp3) is 0.590. The van der Waals surface area contributed by atoms with Crippen LogP contribution in [0.1, 0.15) is 259 Å². The molecule has 0 aromatic rings. The molecule has 576 valence electrons. The number of carbonyl (C=O) groups excluding carboxylic acids is 4. The molecule has 0 fully saturated rings. The molecule has 0 aliphatic carbocycles. The number of allylic oxidation sites excluding steroid dienone is 29. The summed E-state index contributed by atoms with van der Waals surface area (Å²) >= 11 is 0. The molecule has 0 amide bonds. The lowest BCUT2D eigenvalue weighted by Crippen LogP contribution is -2.30. The molecule has 102 heavy (non-hydrogen) atoms. The number of aliphatic hydroxyl groups is 1. The molecule has 0 aromatic heterocycles. The summed E-state index contributed by atoms with van der Waals surface area (Å²) in [5.41, 5.74) is 0. The number of aliphatic hydroxyl groups excluding tert-OH is 1. The molecular weight excluding hydrogens is 1330 g/mol. The van der Waals surface area contributed by atoms with Crippen LogP contribution in [0.5, 0.6) is 0 Å². The molecule has 0 spiro atoms. The van der Waals surface area contributed by atoms with E-state index in [9.17, 15) is 43.2 Å². The van der Waals surface area contributed by atoms with Crippen molar-refractivity contribution >= 4 is 39.5 Å². The minimum absolute atomic E-state index is 0.0569. The summed E-state index contributed by atoms with van der Waals surface area (Å²) < 4.78 is 68.3. The quantitative estimate of drug-likeness (QED) is 0.0169. The van der Waals surface area contributed by atoms with Crippen molar-refractivity contribution in [2.75, 3.05) is 39.6 Å². The highest BCUT2D eigenvalue weighted by molar-refractivity contribution is 7.47. The van der Waals surface area contributed by atoms with Gasteiger partial charge in [-0.15, -0.1) is 0 Å². The SMILES string of the molecule is CC/C=C\C/C=C\C/C=C\C/C=C\C/C=C\CCCC(=O)OCC(COP(=O)(O)OCC(O)COP(=O)(O)OCC(COC(=O)CCCCCCCCC/C=C\C/C=C\C/C=C\CC)OC(=O)C/C=C\C/C=C\C/C=C\C/C=C\C/C=C\CC)OC(=O)CCCCCCC/C=C\C/C=C\CCC. The van der Waals surface area contributed by atoms with Gasteiger partial charge in [0.05, 0.1) is 32.8 Å². The third-order valence-corrected chi connectivity index (χ3v) is 16.8. The molecule has 0 heterocycles. The number of hydrogen-bond donors (Lipinski definition) is 3. The van der Waals surface area contributed by atoms with Crippen LogP contribution in [0.25, 0.3) is 0 Å². The Morgan fingerprint density at radius 3 is 0.912 bits per heavy atom. The van der Waals surface area contributed by atoms with Crippen LogP contribution in [0.4, 0.5) is 0 Å². The van der Waals surface area contributed by atoms with Crippen molar-refractivity contribution in [3.63, 3.8) is 0 Å². The van der Waals surface area contributed by atoms with Crippen LogP contribution in [0.2, 0.25) is 0 Å². The zero-order valence-corrected chi connectivity index (χ0v) is 64.5. The van der Waals surface area contributed by atoms with Crippen LogP contribution < -0.4 is 0 Å². The number of rotatable bonds is 69. The summed E-state index contributed by atoms with van der Waals surface area (Å²) in [4.78, 5) is 72.8. The van der Waals surface area contributed by atoms with Gasteiger partial charge in [-0.3, -0.25) is 37.3 Å². The second kappa shape index (κ2) is 73.5. The van der Waals surface area contributed by atoms with E-state index in [-0.39, 0.29) is 25.7 Å². The minimum Gasteiger partial charge on any atom is -0.462 e. The molecule has 0 aliphatic rings. The van der Waals surface area contributed by atoms with Crippen molar-refractivity contribution in [2.24, 2.45) is 0 Å². The van der Waals surface area contributed by atoms with E-state index in [0.717, 1.165) is 173 Å². The van der Waals surface area contributed by atoms with Crippen molar-refractivity contribution in [1.82, 2.24) is 0 Å². The van der Waals surface area contributed by atoms with E-state index < -0.39 is 97.5 Å². The first-order valence-electron chi connectivity index (χ1n) is 38.0. The van der Waals surface area contributed by atoms with Crippen molar-refractivity contribution in [3.8, 4) is 0 Å². The molecule has 3 N–H and O–H groups in total. The molecule has 0 radical (unpaired) electrons. The van der Waals surface area contributed by atoms with E-state index in [1.165, 1.54) is 0 Å². The fourth-order valence-electron chi connectivity index (χ4n) is 9.21. The predicted octanol–water partition coefficient (Wildman–Crippen LogP) is 22.0. The maximum atomic E-state index is 13.1. The summed E-state index contributed by atoms with van der Waals surface area (Å²) in [6, 6.07) is 0. The summed E-state index contributed by atoms with van der Waals surface area (Å²) in [6.45, 7) is 4.22. The molecule has 0 bridgehead atoms. The van der Waals surface area contributed by atoms with E-state index in [2.05, 4.69) is 174 Å². The standard InChI is InChI=1S/C83H132O17P2/c1-5-9-13-17-21-25-29-33-36-38-41-44-47-51-55-59-63-67-80(85)93-73-78(99-82(87)69-65-61-57-53-49-43-32-28-24-20-16-12-8-4)75-97-101(89,90)95-71-77(84)72-96-102(91,92)98-76-79(100-83(88)70-66-62-58-54-50-46-40-35-31-27-23-19-15-11-7-3)74-94-81(86)68-64-60-56-52-48-45-42-39-37-34-30-26-22-18-14-10-6-2/h9-11,13-16,20-23,25-28,32-37,40-41,44,50-51,54-55,62,66,77-79,84H,5-8,12,17-19,24,29-31,38-39,42-43,45-49,52-53,56-61,63-65,67-76H2,1-4H3,(H,89,90)(H,91,92)/b13-9-,14-10-,15-11-,20-16-,25-21-,26-22-,27-23-,32-28-,36-33-,37-34-,40-35-,44-41-,54-50-,55-51-,66-62-. The largest absolute Gasteiger partial charge is 0.472 e. The van der Waals surface area contributed by atoms with E-state index in [1.54, 1.807) is 12.2 Å². The van der Waals surface area contributed by atoms with Crippen LogP contribution in [0.15, 0.2) is 182 Å². The number of hydrogen-bond acceptors (Lipinski definition) is 15. The highest BCUT2D eigenvalue weighted by atomic mass is 31.2. The first kappa shape index (κ1) is 96.2. The smallest absolute Gasteiger partial charge is 0.462 e. The Kier molecular flexibility index (Phi) is 69.3. The van der Waals surface area contributed by atoms with Crippen LogP contribution in [0, 0.1) is 0 Å². The molecule has 5 unspecified atom stereocenters. The molecule has 0 saturated carbocycles. The van der Waals surface area contributed by atoms with Crippen molar-refractivity contribution < 1.29 is 80.2 Å². The normalized spacial score (nSPS) is 14.9. The molecule has 0 aromatic carbocycles. The van der Waals surface area contributed by atoms with Gasteiger partial charge >= 0.3 is 39.5 Å². The number of esters is 4. The Morgan fingerprint density at radius 2 is 0.559 bits per heavy atom. The molecule has 19 heteroatoms. The second-order valence-electron chi connectivity index (χ2n) is 24.5. The summed E-state index contributed by atoms with van der Waals surface area (Å²) in [5, 5.41) is 10.6. The fourth-order valence-corrected chi connectivity index (χ4v) is 10.8. The molecule has 0 saturated heterocycles. The molecule has 5 atom stereocenters. The van der Waals surface area contributed by atoms with Gasteiger partial charge in [0.1, 0.15) is 19.3 Å². The number of carbonyl (C=O) groups is 4. The lowest BCUT2D eigenvalue weighted by molar-refractivity contribution is -0.161. The van der Waals surface area contributed by atoms with Gasteiger partial charge in [0.25, 0.3) is 0 Å². The highest BCUT2D eigenvalue weighted by Crippen LogP contribution is 2.45. The first-order chi connectivity index (χ1) is 49.7. The first-order valence-corrected chi connectivity index (χ1v) is 41.0. The maximum Gasteiger partial charge on any atom is 0.472 e. The third kappa shape index (κ3) is 72.5. The maximum absolute atomic E-state index is 13.1. The summed E-state index contributed by atoms with van der Waals surface area (Å²) in [6.07, 6.45) is 87.8. The summed E-state index contributed by atoms with van der Waals surface area (Å²) in [7, 11) is -10.0. The van der Waals surface area contributed by atoms with Gasteiger partial charge in [-0.1, -0.05) is 268 Å². The number of ether oxygens (including phenoxy) is 4. The lowest BCUT2D eigenvalue weighted by atomic mass is 10.1. The third-order valence-electron chi connectivity index (χ3n) is 14.9. The Balaban J connectivity index is 5.50. The molecule has 0 aliphatic heterocycles. The number of unbranched alkanes of at least 4 members (excludes halogenated alkanes) is 14. The van der Waals surface area contributed by atoms with Crippen molar-refractivity contribution in [3.05, 3.63) is 182 Å². The van der Waals surface area contributed by atoms with Gasteiger partial charge in [0.2, 0.25) is 0 Å². The Morgan fingerprint density at radius 1 is 0.294 bits per heavy atom. The summed E-state index contributed by atoms with van der Waals surface area (Å²) in [5.74, 6) is -2.44. The zero-order valence-electron chi connectivity index (χ0n) is 62.7. The van der Waals surface area contributed by atoms with Crippen LogP contribution in [-0.2, 0) is 65.4 Å². The van der Waals surface area contributed by atoms with E-state index >= 15 is 0 Å². The lowest BCUT2D eigenvalue weighted by Gasteiger charge is -2.21. The molecule has 0 rings (SSSR count). The Bertz CT molecular complexity index is 2650. The zero-order chi connectivity index (χ0) is 74.6. The monoisotopic (exact) mass is 1460 g/mol. The second-order valence-corrected chi connectivity index (χ2v) is 27.4. The van der Waals surface area contributed by atoms with Crippen molar-refractivity contribution in [2.45, 2.75) is 277 Å². The average Bonchev–Trinajstić information content (AvgIpc) is 0.908. The van der Waals surface area contributed by atoms with Gasteiger partial charge in [-0.2, -0.15) is 0 Å². The van der Waals surface area contributed by atoms with Crippen molar-refractivity contribution in [1.29, 1.82) is 0 Å². The van der Waals surface area contributed by atoms with Crippen LogP contribution >= 0.6 is 15.6 Å².